The number of nitrogens with zero attached hydrogens (tertiary/aromatic N) is 1. The number of aryl methyl sites for hydroxylation is 1. The number of benzene rings is 1. The minimum Gasteiger partial charge on any atom is -0.381 e. The molecule has 1 aromatic heterocycles. The molecule has 1 atom stereocenters. The first-order valence-corrected chi connectivity index (χ1v) is 7.01. The molecule has 0 aliphatic carbocycles. The summed E-state index contributed by atoms with van der Waals surface area (Å²) in [7, 11) is 0. The van der Waals surface area contributed by atoms with E-state index in [9.17, 15) is 4.79 Å². The van der Waals surface area contributed by atoms with Crippen molar-refractivity contribution in [3.63, 3.8) is 0 Å². The minimum absolute atomic E-state index is 0.0621. The molecule has 19 heavy (non-hydrogen) atoms. The standard InChI is InChI=1S/C14H17N3OS/c1-10(16-12-6-4-3-5-7-12)8-15-14(18)13-9-19-17-11(13)2/h3-7,9-10,16H,8H2,1-2H3,(H,15,18)/t10-/m1/s1. The Balaban J connectivity index is 1.82. The molecular formula is C14H17N3OS. The van der Waals surface area contributed by atoms with E-state index in [1.54, 1.807) is 5.38 Å². The smallest absolute Gasteiger partial charge is 0.254 e. The molecule has 0 radical (unpaired) electrons. The largest absolute Gasteiger partial charge is 0.381 e. The van der Waals surface area contributed by atoms with Crippen LogP contribution >= 0.6 is 11.5 Å². The van der Waals surface area contributed by atoms with Gasteiger partial charge in [0.1, 0.15) is 0 Å². The Bertz CT molecular complexity index is 539. The van der Waals surface area contributed by atoms with Crippen molar-refractivity contribution in [3.8, 4) is 0 Å². The van der Waals surface area contributed by atoms with Crippen LogP contribution in [0.25, 0.3) is 0 Å². The lowest BCUT2D eigenvalue weighted by atomic mass is 10.2. The summed E-state index contributed by atoms with van der Waals surface area (Å²) in [5, 5.41) is 8.02. The summed E-state index contributed by atoms with van der Waals surface area (Å²) in [6, 6.07) is 10.1. The number of nitrogens with one attached hydrogen (secondary N) is 2. The Morgan fingerprint density at radius 2 is 2.11 bits per heavy atom. The lowest BCUT2D eigenvalue weighted by molar-refractivity contribution is 0.0952. The summed E-state index contributed by atoms with van der Waals surface area (Å²) in [5.74, 6) is -0.0621. The van der Waals surface area contributed by atoms with Crippen molar-refractivity contribution < 1.29 is 4.79 Å². The highest BCUT2D eigenvalue weighted by molar-refractivity contribution is 7.03. The van der Waals surface area contributed by atoms with Crippen molar-refractivity contribution in [1.82, 2.24) is 9.69 Å². The lowest BCUT2D eigenvalue weighted by Crippen LogP contribution is -2.34. The summed E-state index contributed by atoms with van der Waals surface area (Å²) in [6.07, 6.45) is 0. The average molecular weight is 275 g/mol. The van der Waals surface area contributed by atoms with E-state index >= 15 is 0 Å². The molecule has 2 N–H and O–H groups in total. The molecule has 0 unspecified atom stereocenters. The van der Waals surface area contributed by atoms with Crippen LogP contribution in [0.5, 0.6) is 0 Å². The maximum atomic E-state index is 11.9. The number of aromatic nitrogens is 1. The van der Waals surface area contributed by atoms with Crippen LogP contribution in [0.1, 0.15) is 23.0 Å². The average Bonchev–Trinajstić information content (AvgIpc) is 2.83. The molecular weight excluding hydrogens is 258 g/mol. The van der Waals surface area contributed by atoms with Crippen LogP contribution in [-0.4, -0.2) is 22.9 Å². The van der Waals surface area contributed by atoms with Gasteiger partial charge in [0.2, 0.25) is 0 Å². The third-order valence-corrected chi connectivity index (χ3v) is 3.47. The van der Waals surface area contributed by atoms with Crippen LogP contribution in [0.3, 0.4) is 0 Å². The second-order valence-corrected chi connectivity index (χ2v) is 5.06. The Kier molecular flexibility index (Phi) is 4.52. The van der Waals surface area contributed by atoms with Gasteiger partial charge in [0.05, 0.1) is 11.3 Å². The second kappa shape index (κ2) is 6.33. The number of anilines is 1. The molecule has 0 aliphatic rings. The number of amides is 1. The van der Waals surface area contributed by atoms with Gasteiger partial charge in [0.15, 0.2) is 0 Å². The zero-order valence-electron chi connectivity index (χ0n) is 11.0. The van der Waals surface area contributed by atoms with Gasteiger partial charge in [-0.1, -0.05) is 18.2 Å². The molecule has 0 bridgehead atoms. The van der Waals surface area contributed by atoms with E-state index in [-0.39, 0.29) is 11.9 Å². The van der Waals surface area contributed by atoms with E-state index in [4.69, 9.17) is 0 Å². The quantitative estimate of drug-likeness (QED) is 0.882. The highest BCUT2D eigenvalue weighted by atomic mass is 32.1. The van der Waals surface area contributed by atoms with Crippen LogP contribution in [-0.2, 0) is 0 Å². The van der Waals surface area contributed by atoms with Gasteiger partial charge in [-0.3, -0.25) is 4.79 Å². The maximum absolute atomic E-state index is 11.9. The van der Waals surface area contributed by atoms with Crippen molar-refractivity contribution in [2.24, 2.45) is 0 Å². The van der Waals surface area contributed by atoms with E-state index in [0.717, 1.165) is 11.4 Å². The van der Waals surface area contributed by atoms with Crippen molar-refractivity contribution in [2.45, 2.75) is 19.9 Å². The first-order valence-electron chi connectivity index (χ1n) is 6.17. The molecule has 100 valence electrons. The highest BCUT2D eigenvalue weighted by Gasteiger charge is 2.11. The third-order valence-electron chi connectivity index (χ3n) is 2.75. The van der Waals surface area contributed by atoms with Crippen molar-refractivity contribution in [3.05, 3.63) is 47.0 Å². The second-order valence-electron chi connectivity index (χ2n) is 4.44. The van der Waals surface area contributed by atoms with Gasteiger partial charge < -0.3 is 10.6 Å². The van der Waals surface area contributed by atoms with Crippen molar-refractivity contribution >= 4 is 23.1 Å². The summed E-state index contributed by atoms with van der Waals surface area (Å²) < 4.78 is 4.10. The molecule has 4 nitrogen and oxygen atoms in total. The normalized spacial score (nSPS) is 11.9. The van der Waals surface area contributed by atoms with E-state index in [0.29, 0.717) is 12.1 Å². The molecule has 1 heterocycles. The van der Waals surface area contributed by atoms with Gasteiger partial charge in [-0.15, -0.1) is 0 Å². The maximum Gasteiger partial charge on any atom is 0.254 e. The zero-order chi connectivity index (χ0) is 13.7. The van der Waals surface area contributed by atoms with Crippen LogP contribution in [0, 0.1) is 6.92 Å². The first kappa shape index (κ1) is 13.5. The number of carbonyl (C=O) groups excluding carboxylic acids is 1. The van der Waals surface area contributed by atoms with E-state index in [1.165, 1.54) is 11.5 Å². The van der Waals surface area contributed by atoms with E-state index in [2.05, 4.69) is 15.0 Å². The van der Waals surface area contributed by atoms with Gasteiger partial charge in [-0.05, 0) is 37.5 Å². The minimum atomic E-state index is -0.0621. The van der Waals surface area contributed by atoms with Crippen LogP contribution in [0.2, 0.25) is 0 Å². The van der Waals surface area contributed by atoms with Crippen LogP contribution < -0.4 is 10.6 Å². The molecule has 1 amide bonds. The Morgan fingerprint density at radius 3 is 2.74 bits per heavy atom. The third kappa shape index (κ3) is 3.79. The Hall–Kier alpha value is -1.88. The molecule has 2 aromatic rings. The van der Waals surface area contributed by atoms with Gasteiger partial charge in [0, 0.05) is 23.7 Å². The van der Waals surface area contributed by atoms with Crippen molar-refractivity contribution in [2.75, 3.05) is 11.9 Å². The fraction of sp³-hybridized carbons (Fsp3) is 0.286. The van der Waals surface area contributed by atoms with Crippen molar-refractivity contribution in [1.29, 1.82) is 0 Å². The number of rotatable bonds is 5. The monoisotopic (exact) mass is 275 g/mol. The fourth-order valence-corrected chi connectivity index (χ4v) is 2.41. The predicted molar refractivity (Wildman–Crippen MR) is 78.7 cm³/mol. The number of hydrogen-bond donors (Lipinski definition) is 2. The molecule has 2 rings (SSSR count). The number of carbonyl (C=O) groups is 1. The molecule has 5 heteroatoms. The predicted octanol–water partition coefficient (Wildman–Crippen LogP) is 2.68. The molecule has 0 saturated carbocycles. The van der Waals surface area contributed by atoms with Crippen LogP contribution in [0.15, 0.2) is 35.7 Å². The van der Waals surface area contributed by atoms with Gasteiger partial charge in [-0.2, -0.15) is 4.37 Å². The first-order chi connectivity index (χ1) is 9.16. The molecule has 0 saturated heterocycles. The lowest BCUT2D eigenvalue weighted by Gasteiger charge is -2.15. The van der Waals surface area contributed by atoms with E-state index in [1.807, 2.05) is 44.2 Å². The summed E-state index contributed by atoms with van der Waals surface area (Å²) >= 11 is 1.30. The van der Waals surface area contributed by atoms with Gasteiger partial charge >= 0.3 is 0 Å². The SMILES string of the molecule is Cc1nscc1C(=O)NC[C@@H](C)Nc1ccccc1. The highest BCUT2D eigenvalue weighted by Crippen LogP contribution is 2.09. The number of hydrogen-bond acceptors (Lipinski definition) is 4. The number of para-hydroxylation sites is 1. The fourth-order valence-electron chi connectivity index (χ4n) is 1.72. The molecule has 1 aromatic carbocycles. The van der Waals surface area contributed by atoms with Crippen LogP contribution in [0.4, 0.5) is 5.69 Å². The van der Waals surface area contributed by atoms with E-state index < -0.39 is 0 Å². The Morgan fingerprint density at radius 1 is 1.37 bits per heavy atom. The summed E-state index contributed by atoms with van der Waals surface area (Å²) in [5.41, 5.74) is 2.50. The van der Waals surface area contributed by atoms with Gasteiger partial charge in [-0.25, -0.2) is 0 Å². The Labute approximate surface area is 117 Å². The zero-order valence-corrected chi connectivity index (χ0v) is 11.8. The van der Waals surface area contributed by atoms with Gasteiger partial charge in [0.25, 0.3) is 5.91 Å². The molecule has 0 aliphatic heterocycles. The molecule has 0 fully saturated rings. The topological polar surface area (TPSA) is 54.0 Å². The summed E-state index contributed by atoms with van der Waals surface area (Å²) in [6.45, 7) is 4.45. The molecule has 0 spiro atoms. The summed E-state index contributed by atoms with van der Waals surface area (Å²) in [4.78, 5) is 11.9.